The van der Waals surface area contributed by atoms with Crippen LogP contribution in [0.25, 0.3) is 0 Å². The standard InChI is InChI=1S/C9H12Cl2O/c1-5-6(4-7(10)11)9(2,3)8(5)12/h4-6H,1-3H3. The number of halogens is 2. The summed E-state index contributed by atoms with van der Waals surface area (Å²) >= 11 is 11.1. The van der Waals surface area contributed by atoms with Crippen LogP contribution in [0.4, 0.5) is 0 Å². The second-order valence-corrected chi connectivity index (χ2v) is 4.86. The van der Waals surface area contributed by atoms with Gasteiger partial charge in [0.15, 0.2) is 0 Å². The topological polar surface area (TPSA) is 17.1 Å². The molecule has 0 amide bonds. The lowest BCUT2D eigenvalue weighted by atomic mass is 9.55. The Morgan fingerprint density at radius 2 is 2.00 bits per heavy atom. The number of hydrogen-bond donors (Lipinski definition) is 0. The Kier molecular flexibility index (Phi) is 2.55. The molecule has 1 nitrogen and oxygen atoms in total. The lowest BCUT2D eigenvalue weighted by molar-refractivity contribution is -0.148. The Bertz CT molecular complexity index is 239. The third-order valence-electron chi connectivity index (χ3n) is 2.73. The normalized spacial score (nSPS) is 32.6. The number of carbonyl (C=O) groups excluding carboxylic acids is 1. The highest BCUT2D eigenvalue weighted by Crippen LogP contribution is 2.48. The second-order valence-electron chi connectivity index (χ2n) is 3.86. The Balaban J connectivity index is 2.81. The Morgan fingerprint density at radius 1 is 1.50 bits per heavy atom. The molecular weight excluding hydrogens is 195 g/mol. The zero-order valence-corrected chi connectivity index (χ0v) is 8.91. The van der Waals surface area contributed by atoms with Crippen LogP contribution in [0.15, 0.2) is 10.6 Å². The van der Waals surface area contributed by atoms with E-state index in [1.165, 1.54) is 0 Å². The van der Waals surface area contributed by atoms with Gasteiger partial charge in [0.1, 0.15) is 10.3 Å². The summed E-state index contributed by atoms with van der Waals surface area (Å²) in [5, 5.41) is 0. The van der Waals surface area contributed by atoms with Gasteiger partial charge in [-0.3, -0.25) is 4.79 Å². The van der Waals surface area contributed by atoms with Crippen LogP contribution in [0.3, 0.4) is 0 Å². The predicted octanol–water partition coefficient (Wildman–Crippen LogP) is 3.17. The first-order valence-electron chi connectivity index (χ1n) is 3.94. The van der Waals surface area contributed by atoms with Crippen molar-refractivity contribution in [3.8, 4) is 0 Å². The number of allylic oxidation sites excluding steroid dienone is 1. The lowest BCUT2D eigenvalue weighted by Crippen LogP contribution is -2.52. The highest BCUT2D eigenvalue weighted by atomic mass is 35.5. The van der Waals surface area contributed by atoms with Gasteiger partial charge in [-0.25, -0.2) is 0 Å². The van der Waals surface area contributed by atoms with E-state index in [1.54, 1.807) is 6.08 Å². The van der Waals surface area contributed by atoms with Crippen molar-refractivity contribution < 1.29 is 4.79 Å². The van der Waals surface area contributed by atoms with Crippen molar-refractivity contribution in [1.82, 2.24) is 0 Å². The first-order chi connectivity index (χ1) is 5.37. The van der Waals surface area contributed by atoms with Crippen molar-refractivity contribution in [3.63, 3.8) is 0 Å². The van der Waals surface area contributed by atoms with E-state index >= 15 is 0 Å². The molecule has 0 aromatic rings. The molecule has 2 atom stereocenters. The first kappa shape index (κ1) is 10.1. The molecule has 0 N–H and O–H groups in total. The largest absolute Gasteiger partial charge is 0.299 e. The Hall–Kier alpha value is -0.0100. The predicted molar refractivity (Wildman–Crippen MR) is 51.2 cm³/mol. The molecule has 1 aliphatic carbocycles. The summed E-state index contributed by atoms with van der Waals surface area (Å²) in [4.78, 5) is 11.4. The van der Waals surface area contributed by atoms with Gasteiger partial charge in [0.05, 0.1) is 0 Å². The Labute approximate surface area is 82.7 Å². The molecule has 3 heteroatoms. The van der Waals surface area contributed by atoms with Crippen molar-refractivity contribution in [1.29, 1.82) is 0 Å². The molecular formula is C9H12Cl2O. The maximum Gasteiger partial charge on any atom is 0.142 e. The molecule has 0 radical (unpaired) electrons. The van der Waals surface area contributed by atoms with Gasteiger partial charge in [0.2, 0.25) is 0 Å². The van der Waals surface area contributed by atoms with Crippen LogP contribution in [0, 0.1) is 17.3 Å². The van der Waals surface area contributed by atoms with E-state index < -0.39 is 0 Å². The lowest BCUT2D eigenvalue weighted by Gasteiger charge is -2.46. The maximum atomic E-state index is 11.4. The van der Waals surface area contributed by atoms with E-state index in [0.717, 1.165) is 0 Å². The van der Waals surface area contributed by atoms with Crippen LogP contribution < -0.4 is 0 Å². The molecule has 0 aromatic heterocycles. The highest BCUT2D eigenvalue weighted by Gasteiger charge is 2.52. The minimum absolute atomic E-state index is 0.0625. The quantitative estimate of drug-likeness (QED) is 0.645. The van der Waals surface area contributed by atoms with Gasteiger partial charge in [-0.1, -0.05) is 44.0 Å². The van der Waals surface area contributed by atoms with Crippen LogP contribution in [0.2, 0.25) is 0 Å². The summed E-state index contributed by atoms with van der Waals surface area (Å²) < 4.78 is 0.257. The van der Waals surface area contributed by atoms with Gasteiger partial charge in [-0.15, -0.1) is 0 Å². The van der Waals surface area contributed by atoms with E-state index in [0.29, 0.717) is 5.78 Å². The molecule has 0 aromatic carbocycles. The van der Waals surface area contributed by atoms with Crippen LogP contribution in [-0.4, -0.2) is 5.78 Å². The fourth-order valence-corrected chi connectivity index (χ4v) is 2.20. The summed E-state index contributed by atoms with van der Waals surface area (Å²) in [7, 11) is 0. The number of ketones is 1. The summed E-state index contributed by atoms with van der Waals surface area (Å²) in [5.41, 5.74) is -0.283. The summed E-state index contributed by atoms with van der Waals surface area (Å²) in [6, 6.07) is 0. The molecule has 68 valence electrons. The zero-order valence-electron chi connectivity index (χ0n) is 7.40. The monoisotopic (exact) mass is 206 g/mol. The van der Waals surface area contributed by atoms with Crippen molar-refractivity contribution in [2.45, 2.75) is 20.8 Å². The molecule has 0 spiro atoms. The molecule has 1 fully saturated rings. The molecule has 0 heterocycles. The van der Waals surface area contributed by atoms with E-state index in [4.69, 9.17) is 23.2 Å². The highest BCUT2D eigenvalue weighted by molar-refractivity contribution is 6.55. The number of hydrogen-bond acceptors (Lipinski definition) is 1. The summed E-state index contributed by atoms with van der Waals surface area (Å²) in [5.74, 6) is 0.542. The molecule has 0 aliphatic heterocycles. The van der Waals surface area contributed by atoms with Gasteiger partial charge in [0.25, 0.3) is 0 Å². The molecule has 2 unspecified atom stereocenters. The molecule has 0 saturated heterocycles. The van der Waals surface area contributed by atoms with Crippen LogP contribution in [0.5, 0.6) is 0 Å². The van der Waals surface area contributed by atoms with Gasteiger partial charge in [0, 0.05) is 17.3 Å². The fourth-order valence-electron chi connectivity index (χ4n) is 1.93. The second kappa shape index (κ2) is 3.04. The molecule has 1 saturated carbocycles. The average molecular weight is 207 g/mol. The minimum atomic E-state index is -0.283. The summed E-state index contributed by atoms with van der Waals surface area (Å²) in [6.45, 7) is 5.76. The molecule has 1 rings (SSSR count). The zero-order chi connectivity index (χ0) is 9.52. The molecule has 12 heavy (non-hydrogen) atoms. The minimum Gasteiger partial charge on any atom is -0.299 e. The van der Waals surface area contributed by atoms with E-state index in [2.05, 4.69) is 0 Å². The van der Waals surface area contributed by atoms with Crippen LogP contribution >= 0.6 is 23.2 Å². The smallest absolute Gasteiger partial charge is 0.142 e. The SMILES string of the molecule is CC1C(=O)C(C)(C)C1C=C(Cl)Cl. The molecule has 1 aliphatic rings. The first-order valence-corrected chi connectivity index (χ1v) is 4.70. The third kappa shape index (κ3) is 1.40. The van der Waals surface area contributed by atoms with Crippen LogP contribution in [0.1, 0.15) is 20.8 Å². The van der Waals surface area contributed by atoms with Crippen molar-refractivity contribution >= 4 is 29.0 Å². The van der Waals surface area contributed by atoms with Crippen molar-refractivity contribution in [2.75, 3.05) is 0 Å². The Morgan fingerprint density at radius 3 is 2.33 bits per heavy atom. The van der Waals surface area contributed by atoms with Crippen LogP contribution in [-0.2, 0) is 4.79 Å². The average Bonchev–Trinajstić information content (AvgIpc) is 1.98. The van der Waals surface area contributed by atoms with E-state index in [1.807, 2.05) is 20.8 Å². The number of rotatable bonds is 1. The van der Waals surface area contributed by atoms with Gasteiger partial charge in [-0.2, -0.15) is 0 Å². The fraction of sp³-hybridized carbons (Fsp3) is 0.667. The van der Waals surface area contributed by atoms with Gasteiger partial charge < -0.3 is 0 Å². The molecule has 0 bridgehead atoms. The third-order valence-corrected chi connectivity index (χ3v) is 2.98. The number of Topliss-reactive ketones (excluding diaryl/α,β-unsaturated/α-hetero) is 1. The summed E-state index contributed by atoms with van der Waals surface area (Å²) in [6.07, 6.45) is 1.76. The maximum absolute atomic E-state index is 11.4. The van der Waals surface area contributed by atoms with Crippen molar-refractivity contribution in [2.24, 2.45) is 17.3 Å². The van der Waals surface area contributed by atoms with Gasteiger partial charge in [-0.05, 0) is 6.08 Å². The van der Waals surface area contributed by atoms with E-state index in [-0.39, 0.29) is 21.7 Å². The van der Waals surface area contributed by atoms with E-state index in [9.17, 15) is 4.79 Å². The van der Waals surface area contributed by atoms with Crippen molar-refractivity contribution in [3.05, 3.63) is 10.6 Å². The van der Waals surface area contributed by atoms with Gasteiger partial charge >= 0.3 is 0 Å². The number of carbonyl (C=O) groups is 1.